The molecule has 104 valence electrons. The molecule has 0 saturated heterocycles. The maximum atomic E-state index is 4.78. The van der Waals surface area contributed by atoms with Crippen molar-refractivity contribution >= 4 is 0 Å². The molecule has 2 heterocycles. The van der Waals surface area contributed by atoms with Crippen LogP contribution in [0.4, 0.5) is 0 Å². The summed E-state index contributed by atoms with van der Waals surface area (Å²) in [7, 11) is 0. The zero-order valence-corrected chi connectivity index (χ0v) is 12.1. The van der Waals surface area contributed by atoms with Gasteiger partial charge in [0.1, 0.15) is 5.82 Å². The number of rotatable bonds is 4. The summed E-state index contributed by atoms with van der Waals surface area (Å²) in [6.07, 6.45) is 11.1. The van der Waals surface area contributed by atoms with Crippen molar-refractivity contribution in [2.24, 2.45) is 5.92 Å². The Balaban J connectivity index is 1.65. The second-order valence-electron chi connectivity index (χ2n) is 6.14. The van der Waals surface area contributed by atoms with Crippen LogP contribution in [0.25, 0.3) is 0 Å². The lowest BCUT2D eigenvalue weighted by Gasteiger charge is -2.30. The summed E-state index contributed by atoms with van der Waals surface area (Å²) >= 11 is 0. The quantitative estimate of drug-likeness (QED) is 0.832. The molecule has 2 aliphatic rings. The molecule has 1 aliphatic carbocycles. The molecule has 0 atom stereocenters. The SMILES string of the molecule is CCCc1ncc2c(n1)CN(CC1CCCC1)CC2. The van der Waals surface area contributed by atoms with E-state index in [1.807, 2.05) is 0 Å². The van der Waals surface area contributed by atoms with Crippen molar-refractivity contribution in [3.05, 3.63) is 23.3 Å². The first kappa shape index (κ1) is 13.0. The normalized spacial score (nSPS) is 20.7. The first-order valence-electron chi connectivity index (χ1n) is 7.91. The average molecular weight is 259 g/mol. The largest absolute Gasteiger partial charge is 0.297 e. The molecular formula is C16H25N3. The van der Waals surface area contributed by atoms with Crippen LogP contribution in [0, 0.1) is 5.92 Å². The van der Waals surface area contributed by atoms with E-state index < -0.39 is 0 Å². The van der Waals surface area contributed by atoms with Crippen LogP contribution in [-0.4, -0.2) is 28.0 Å². The predicted molar refractivity (Wildman–Crippen MR) is 77.0 cm³/mol. The van der Waals surface area contributed by atoms with Crippen molar-refractivity contribution in [2.75, 3.05) is 13.1 Å². The molecule has 0 radical (unpaired) electrons. The molecule has 19 heavy (non-hydrogen) atoms. The maximum absolute atomic E-state index is 4.78. The summed E-state index contributed by atoms with van der Waals surface area (Å²) in [4.78, 5) is 11.9. The van der Waals surface area contributed by atoms with Gasteiger partial charge in [0, 0.05) is 32.3 Å². The number of hydrogen-bond acceptors (Lipinski definition) is 3. The van der Waals surface area contributed by atoms with Gasteiger partial charge in [-0.25, -0.2) is 9.97 Å². The first-order chi connectivity index (χ1) is 9.35. The molecule has 3 rings (SSSR count). The van der Waals surface area contributed by atoms with Gasteiger partial charge < -0.3 is 0 Å². The Morgan fingerprint density at radius 3 is 2.95 bits per heavy atom. The Kier molecular flexibility index (Phi) is 4.12. The zero-order chi connectivity index (χ0) is 13.1. The van der Waals surface area contributed by atoms with Gasteiger partial charge in [-0.3, -0.25) is 4.90 Å². The van der Waals surface area contributed by atoms with Crippen LogP contribution in [-0.2, 0) is 19.4 Å². The van der Waals surface area contributed by atoms with Gasteiger partial charge in [-0.1, -0.05) is 19.8 Å². The summed E-state index contributed by atoms with van der Waals surface area (Å²) in [5, 5.41) is 0. The molecule has 0 N–H and O–H groups in total. The van der Waals surface area contributed by atoms with Crippen LogP contribution >= 0.6 is 0 Å². The van der Waals surface area contributed by atoms with Crippen molar-refractivity contribution in [1.82, 2.24) is 14.9 Å². The molecule has 0 spiro atoms. The standard InChI is InChI=1S/C16H25N3/c1-2-5-16-17-10-14-8-9-19(12-15(14)18-16)11-13-6-3-4-7-13/h10,13H,2-9,11-12H2,1H3. The third-order valence-electron chi connectivity index (χ3n) is 4.54. The minimum Gasteiger partial charge on any atom is -0.297 e. The number of hydrogen-bond donors (Lipinski definition) is 0. The number of fused-ring (bicyclic) bond motifs is 1. The van der Waals surface area contributed by atoms with Crippen molar-refractivity contribution in [2.45, 2.75) is 58.4 Å². The van der Waals surface area contributed by atoms with E-state index in [0.717, 1.165) is 37.5 Å². The fourth-order valence-corrected chi connectivity index (χ4v) is 3.46. The van der Waals surface area contributed by atoms with E-state index in [-0.39, 0.29) is 0 Å². The van der Waals surface area contributed by atoms with Gasteiger partial charge >= 0.3 is 0 Å². The summed E-state index contributed by atoms with van der Waals surface area (Å²) in [5.41, 5.74) is 2.67. The van der Waals surface area contributed by atoms with Gasteiger partial charge in [0.2, 0.25) is 0 Å². The smallest absolute Gasteiger partial charge is 0.128 e. The third kappa shape index (κ3) is 3.14. The van der Waals surface area contributed by atoms with E-state index in [0.29, 0.717) is 0 Å². The fraction of sp³-hybridized carbons (Fsp3) is 0.750. The molecule has 0 bridgehead atoms. The molecule has 1 aromatic rings. The lowest BCUT2D eigenvalue weighted by molar-refractivity contribution is 0.211. The molecule has 3 nitrogen and oxygen atoms in total. The molecule has 3 heteroatoms. The van der Waals surface area contributed by atoms with Gasteiger partial charge in [0.25, 0.3) is 0 Å². The highest BCUT2D eigenvalue weighted by atomic mass is 15.1. The van der Waals surface area contributed by atoms with Crippen LogP contribution < -0.4 is 0 Å². The van der Waals surface area contributed by atoms with Crippen LogP contribution in [0.15, 0.2) is 6.20 Å². The summed E-state index contributed by atoms with van der Waals surface area (Å²) in [5.74, 6) is 1.97. The lowest BCUT2D eigenvalue weighted by Crippen LogP contribution is -2.35. The maximum Gasteiger partial charge on any atom is 0.128 e. The molecule has 0 aromatic carbocycles. The Morgan fingerprint density at radius 2 is 2.16 bits per heavy atom. The molecule has 0 amide bonds. The number of aryl methyl sites for hydroxylation is 1. The van der Waals surface area contributed by atoms with Crippen molar-refractivity contribution < 1.29 is 0 Å². The van der Waals surface area contributed by atoms with E-state index >= 15 is 0 Å². The second-order valence-corrected chi connectivity index (χ2v) is 6.14. The number of nitrogens with zero attached hydrogens (tertiary/aromatic N) is 3. The summed E-state index contributed by atoms with van der Waals surface area (Å²) in [6.45, 7) is 5.72. The lowest BCUT2D eigenvalue weighted by atomic mass is 10.0. The minimum absolute atomic E-state index is 0.943. The van der Waals surface area contributed by atoms with Gasteiger partial charge in [0.05, 0.1) is 5.69 Å². The van der Waals surface area contributed by atoms with Crippen LogP contribution in [0.2, 0.25) is 0 Å². The summed E-state index contributed by atoms with van der Waals surface area (Å²) < 4.78 is 0. The van der Waals surface area contributed by atoms with Crippen LogP contribution in [0.3, 0.4) is 0 Å². The van der Waals surface area contributed by atoms with Crippen molar-refractivity contribution in [3.8, 4) is 0 Å². The Bertz CT molecular complexity index is 424. The summed E-state index contributed by atoms with van der Waals surface area (Å²) in [6, 6.07) is 0. The second kappa shape index (κ2) is 6.00. The first-order valence-corrected chi connectivity index (χ1v) is 7.91. The van der Waals surface area contributed by atoms with Gasteiger partial charge in [0.15, 0.2) is 0 Å². The molecule has 1 fully saturated rings. The fourth-order valence-electron chi connectivity index (χ4n) is 3.46. The van der Waals surface area contributed by atoms with Crippen LogP contribution in [0.5, 0.6) is 0 Å². The monoisotopic (exact) mass is 259 g/mol. The number of aromatic nitrogens is 2. The highest BCUT2D eigenvalue weighted by Gasteiger charge is 2.23. The van der Waals surface area contributed by atoms with Crippen molar-refractivity contribution in [1.29, 1.82) is 0 Å². The van der Waals surface area contributed by atoms with E-state index in [1.54, 1.807) is 0 Å². The predicted octanol–water partition coefficient (Wildman–Crippen LogP) is 2.98. The van der Waals surface area contributed by atoms with Gasteiger partial charge in [-0.2, -0.15) is 0 Å². The van der Waals surface area contributed by atoms with E-state index in [9.17, 15) is 0 Å². The topological polar surface area (TPSA) is 29.0 Å². The molecule has 1 aromatic heterocycles. The average Bonchev–Trinajstić information content (AvgIpc) is 2.92. The molecule has 0 unspecified atom stereocenters. The van der Waals surface area contributed by atoms with Crippen molar-refractivity contribution in [3.63, 3.8) is 0 Å². The Labute approximate surface area is 116 Å². The highest BCUT2D eigenvalue weighted by Crippen LogP contribution is 2.27. The van der Waals surface area contributed by atoms with Gasteiger partial charge in [-0.05, 0) is 37.2 Å². The molecule has 1 aliphatic heterocycles. The molecular weight excluding hydrogens is 234 g/mol. The third-order valence-corrected chi connectivity index (χ3v) is 4.54. The van der Waals surface area contributed by atoms with Gasteiger partial charge in [-0.15, -0.1) is 0 Å². The zero-order valence-electron chi connectivity index (χ0n) is 12.1. The molecule has 1 saturated carbocycles. The van der Waals surface area contributed by atoms with E-state index in [4.69, 9.17) is 4.98 Å². The Morgan fingerprint density at radius 1 is 1.32 bits per heavy atom. The van der Waals surface area contributed by atoms with E-state index in [2.05, 4.69) is 23.0 Å². The highest BCUT2D eigenvalue weighted by molar-refractivity contribution is 5.20. The Hall–Kier alpha value is -0.960. The van der Waals surface area contributed by atoms with Crippen LogP contribution in [0.1, 0.15) is 56.1 Å². The van der Waals surface area contributed by atoms with E-state index in [1.165, 1.54) is 50.0 Å². The minimum atomic E-state index is 0.943.